The SMILES string of the molecule is CCC(C)C(NC(=O)C1(NC(=O)C(NC(=O)Cc2ccccc2F)C(C)CC)CCc2[nH]c3c(Cl)cc(Cl)cc3c2C1)C(N)=O. The number of hydrogen-bond donors (Lipinski definition) is 5. The molecule has 6 N–H and O–H groups in total. The van der Waals surface area contributed by atoms with Gasteiger partial charge in [0.05, 0.1) is 17.0 Å². The van der Waals surface area contributed by atoms with Gasteiger partial charge in [-0.25, -0.2) is 4.39 Å². The Morgan fingerprint density at radius 1 is 1.02 bits per heavy atom. The van der Waals surface area contributed by atoms with Crippen molar-refractivity contribution in [2.24, 2.45) is 17.6 Å². The summed E-state index contributed by atoms with van der Waals surface area (Å²) < 4.78 is 14.3. The lowest BCUT2D eigenvalue weighted by molar-refractivity contribution is -0.138. The highest BCUT2D eigenvalue weighted by Crippen LogP contribution is 2.38. The number of carbonyl (C=O) groups excluding carboxylic acids is 4. The Bertz CT molecular complexity index is 1610. The molecule has 0 aliphatic heterocycles. The standard InChI is InChI=1S/C33H40Cl2FN5O4/c1-5-17(3)27(30(37)43)40-32(45)33(12-11-25-22(16-33)21-14-20(34)15-23(35)29(21)38-25)41-31(44)28(18(4)6-2)39-26(42)13-19-9-7-8-10-24(19)36/h7-10,14-15,17-18,27-28,38H,5-6,11-13,16H2,1-4H3,(H2,37,43)(H,39,42)(H,40,45)(H,41,44). The Morgan fingerprint density at radius 2 is 1.69 bits per heavy atom. The Labute approximate surface area is 272 Å². The maximum Gasteiger partial charge on any atom is 0.246 e. The van der Waals surface area contributed by atoms with Crippen LogP contribution in [0.15, 0.2) is 36.4 Å². The molecule has 5 unspecified atom stereocenters. The van der Waals surface area contributed by atoms with E-state index in [2.05, 4.69) is 20.9 Å². The number of nitrogens with one attached hydrogen (secondary N) is 4. The predicted octanol–water partition coefficient (Wildman–Crippen LogP) is 4.75. The molecule has 45 heavy (non-hydrogen) atoms. The molecule has 12 heteroatoms. The normalized spacial score (nSPS) is 18.7. The van der Waals surface area contributed by atoms with Crippen LogP contribution in [0.1, 0.15) is 63.8 Å². The van der Waals surface area contributed by atoms with Gasteiger partial charge in [-0.1, -0.05) is 81.9 Å². The molecule has 1 aliphatic rings. The molecule has 5 atom stereocenters. The Morgan fingerprint density at radius 3 is 2.33 bits per heavy atom. The number of aromatic amines is 1. The number of carbonyl (C=O) groups is 4. The minimum atomic E-state index is -1.50. The molecule has 0 fully saturated rings. The molecular formula is C33H40Cl2FN5O4. The summed E-state index contributed by atoms with van der Waals surface area (Å²) in [7, 11) is 0. The van der Waals surface area contributed by atoms with Gasteiger partial charge in [-0.15, -0.1) is 0 Å². The van der Waals surface area contributed by atoms with Gasteiger partial charge >= 0.3 is 0 Å². The van der Waals surface area contributed by atoms with E-state index < -0.39 is 47.1 Å². The van der Waals surface area contributed by atoms with E-state index in [0.29, 0.717) is 34.8 Å². The molecule has 0 saturated heterocycles. The van der Waals surface area contributed by atoms with Crippen LogP contribution in [-0.4, -0.2) is 46.2 Å². The molecule has 9 nitrogen and oxygen atoms in total. The number of fused-ring (bicyclic) bond motifs is 3. The van der Waals surface area contributed by atoms with Crippen LogP contribution in [-0.2, 0) is 38.4 Å². The number of amides is 4. The number of hydrogen-bond acceptors (Lipinski definition) is 4. The van der Waals surface area contributed by atoms with Crippen molar-refractivity contribution in [3.63, 3.8) is 0 Å². The number of rotatable bonds is 12. The largest absolute Gasteiger partial charge is 0.368 e. The number of aryl methyl sites for hydroxylation is 1. The second-order valence-electron chi connectivity index (χ2n) is 12.1. The van der Waals surface area contributed by atoms with E-state index in [9.17, 15) is 23.6 Å². The minimum Gasteiger partial charge on any atom is -0.368 e. The molecule has 0 saturated carbocycles. The van der Waals surface area contributed by atoms with Crippen LogP contribution in [0.25, 0.3) is 10.9 Å². The first-order valence-corrected chi connectivity index (χ1v) is 16.0. The van der Waals surface area contributed by atoms with Gasteiger partial charge in [0.2, 0.25) is 23.6 Å². The van der Waals surface area contributed by atoms with Crippen molar-refractivity contribution in [2.45, 2.75) is 83.8 Å². The molecule has 0 bridgehead atoms. The third-order valence-electron chi connectivity index (χ3n) is 9.02. The number of primary amides is 1. The van der Waals surface area contributed by atoms with Crippen molar-refractivity contribution in [1.82, 2.24) is 20.9 Å². The zero-order chi connectivity index (χ0) is 33.1. The summed E-state index contributed by atoms with van der Waals surface area (Å²) >= 11 is 12.8. The highest BCUT2D eigenvalue weighted by molar-refractivity contribution is 6.38. The summed E-state index contributed by atoms with van der Waals surface area (Å²) in [6, 6.07) is 7.34. The highest BCUT2D eigenvalue weighted by Gasteiger charge is 2.46. The van der Waals surface area contributed by atoms with Crippen LogP contribution < -0.4 is 21.7 Å². The fraction of sp³-hybridized carbons (Fsp3) is 0.455. The van der Waals surface area contributed by atoms with Gasteiger partial charge in [-0.05, 0) is 54.0 Å². The minimum absolute atomic E-state index is 0.0684. The lowest BCUT2D eigenvalue weighted by Crippen LogP contribution is -2.67. The van der Waals surface area contributed by atoms with Crippen molar-refractivity contribution >= 4 is 57.7 Å². The van der Waals surface area contributed by atoms with Crippen molar-refractivity contribution in [3.8, 4) is 0 Å². The molecule has 3 aromatic rings. The summed E-state index contributed by atoms with van der Waals surface area (Å²) in [5, 5.41) is 10.1. The number of halogens is 3. The maximum atomic E-state index is 14.3. The summed E-state index contributed by atoms with van der Waals surface area (Å²) in [5.74, 6) is -3.44. The lowest BCUT2D eigenvalue weighted by Gasteiger charge is -2.39. The van der Waals surface area contributed by atoms with Gasteiger partial charge in [0.15, 0.2) is 0 Å². The van der Waals surface area contributed by atoms with Crippen LogP contribution in [0, 0.1) is 17.7 Å². The Balaban J connectivity index is 1.70. The quantitative estimate of drug-likeness (QED) is 0.191. The molecular weight excluding hydrogens is 620 g/mol. The molecule has 0 spiro atoms. The zero-order valence-electron chi connectivity index (χ0n) is 25.9. The first-order chi connectivity index (χ1) is 21.3. The number of aromatic nitrogens is 1. The van der Waals surface area contributed by atoms with Gasteiger partial charge in [0.1, 0.15) is 23.4 Å². The number of H-pyrrole nitrogens is 1. The molecule has 0 radical (unpaired) electrons. The van der Waals surface area contributed by atoms with E-state index in [1.54, 1.807) is 18.2 Å². The summed E-state index contributed by atoms with van der Waals surface area (Å²) in [4.78, 5) is 57.1. The van der Waals surface area contributed by atoms with Crippen molar-refractivity contribution in [3.05, 3.63) is 69.1 Å². The van der Waals surface area contributed by atoms with Crippen LogP contribution in [0.5, 0.6) is 0 Å². The topological polar surface area (TPSA) is 146 Å². The number of benzene rings is 2. The van der Waals surface area contributed by atoms with Gasteiger partial charge in [0, 0.05) is 22.5 Å². The molecule has 1 heterocycles. The summed E-state index contributed by atoms with van der Waals surface area (Å²) in [5.41, 5.74) is 6.68. The van der Waals surface area contributed by atoms with E-state index in [-0.39, 0.29) is 36.7 Å². The average molecular weight is 661 g/mol. The fourth-order valence-electron chi connectivity index (χ4n) is 5.89. The van der Waals surface area contributed by atoms with Gasteiger partial charge in [-0.3, -0.25) is 19.2 Å². The first-order valence-electron chi connectivity index (χ1n) is 15.2. The third kappa shape index (κ3) is 7.44. The van der Waals surface area contributed by atoms with Crippen molar-refractivity contribution in [1.29, 1.82) is 0 Å². The average Bonchev–Trinajstić information content (AvgIpc) is 3.36. The van der Waals surface area contributed by atoms with Gasteiger partial charge in [0.25, 0.3) is 0 Å². The molecule has 4 amide bonds. The molecule has 1 aromatic heterocycles. The van der Waals surface area contributed by atoms with Crippen LogP contribution in [0.3, 0.4) is 0 Å². The maximum absolute atomic E-state index is 14.3. The van der Waals surface area contributed by atoms with E-state index in [0.717, 1.165) is 16.6 Å². The summed E-state index contributed by atoms with van der Waals surface area (Å²) in [6.45, 7) is 7.40. The van der Waals surface area contributed by atoms with E-state index in [1.165, 1.54) is 18.2 Å². The monoisotopic (exact) mass is 659 g/mol. The lowest BCUT2D eigenvalue weighted by atomic mass is 9.78. The van der Waals surface area contributed by atoms with Crippen molar-refractivity contribution in [2.75, 3.05) is 0 Å². The summed E-state index contributed by atoms with van der Waals surface area (Å²) in [6.07, 6.45) is 1.51. The second-order valence-corrected chi connectivity index (χ2v) is 12.9. The fourth-order valence-corrected chi connectivity index (χ4v) is 6.43. The third-order valence-corrected chi connectivity index (χ3v) is 9.54. The van der Waals surface area contributed by atoms with E-state index in [4.69, 9.17) is 28.9 Å². The predicted molar refractivity (Wildman–Crippen MR) is 173 cm³/mol. The van der Waals surface area contributed by atoms with Crippen LogP contribution >= 0.6 is 23.2 Å². The molecule has 4 rings (SSSR count). The molecule has 2 aromatic carbocycles. The number of nitrogens with two attached hydrogens (primary N) is 1. The van der Waals surface area contributed by atoms with Crippen LogP contribution in [0.2, 0.25) is 10.0 Å². The smallest absolute Gasteiger partial charge is 0.246 e. The molecule has 242 valence electrons. The second kappa shape index (κ2) is 14.2. The van der Waals surface area contributed by atoms with Gasteiger partial charge in [-0.2, -0.15) is 0 Å². The van der Waals surface area contributed by atoms with E-state index in [1.807, 2.05) is 27.7 Å². The van der Waals surface area contributed by atoms with Gasteiger partial charge < -0.3 is 26.7 Å². The van der Waals surface area contributed by atoms with E-state index >= 15 is 0 Å². The highest BCUT2D eigenvalue weighted by atomic mass is 35.5. The van der Waals surface area contributed by atoms with Crippen molar-refractivity contribution < 1.29 is 23.6 Å². The molecule has 1 aliphatic carbocycles. The van der Waals surface area contributed by atoms with Crippen LogP contribution in [0.4, 0.5) is 4.39 Å². The first kappa shape index (κ1) is 34.2. The Kier molecular flexibility index (Phi) is 10.8. The Hall–Kier alpha value is -3.63. The zero-order valence-corrected chi connectivity index (χ0v) is 27.4.